The summed E-state index contributed by atoms with van der Waals surface area (Å²) in [7, 11) is 1.42. The minimum Gasteiger partial charge on any atom is -0.490 e. The lowest BCUT2D eigenvalue weighted by molar-refractivity contribution is -0.385. The summed E-state index contributed by atoms with van der Waals surface area (Å²) in [5.41, 5.74) is 2.92. The highest BCUT2D eigenvalue weighted by atomic mass is 16.6. The van der Waals surface area contributed by atoms with Crippen LogP contribution in [-0.2, 0) is 6.42 Å². The number of nitro groups is 1. The third kappa shape index (κ3) is 2.52. The number of aryl methyl sites for hydroxylation is 1. The second-order valence-corrected chi connectivity index (χ2v) is 4.93. The van der Waals surface area contributed by atoms with Gasteiger partial charge in [0.2, 0.25) is 0 Å². The van der Waals surface area contributed by atoms with Crippen molar-refractivity contribution in [2.45, 2.75) is 18.9 Å². The molecular formula is C15H15N3O3. The van der Waals surface area contributed by atoms with Gasteiger partial charge in [-0.05, 0) is 36.6 Å². The van der Waals surface area contributed by atoms with Gasteiger partial charge in [-0.1, -0.05) is 6.07 Å². The van der Waals surface area contributed by atoms with Gasteiger partial charge < -0.3 is 10.1 Å². The van der Waals surface area contributed by atoms with Gasteiger partial charge in [-0.25, -0.2) is 0 Å². The Hall–Kier alpha value is -2.63. The van der Waals surface area contributed by atoms with Crippen LogP contribution < -0.4 is 10.1 Å². The number of hydrogen-bond acceptors (Lipinski definition) is 5. The predicted molar refractivity (Wildman–Crippen MR) is 78.6 cm³/mol. The number of benzene rings is 1. The number of ether oxygens (including phenoxy) is 1. The molecule has 1 N–H and O–H groups in total. The maximum atomic E-state index is 11.1. The molecule has 0 saturated heterocycles. The third-order valence-corrected chi connectivity index (χ3v) is 3.67. The fourth-order valence-electron chi connectivity index (χ4n) is 2.68. The molecule has 1 aliphatic carbocycles. The number of nitrogens with one attached hydrogen (secondary N) is 1. The monoisotopic (exact) mass is 285 g/mol. The number of rotatable bonds is 4. The van der Waals surface area contributed by atoms with Gasteiger partial charge in [-0.2, -0.15) is 0 Å². The standard InChI is InChI=1S/C15H15N3O3/c1-21-14-7-5-11(9-13(14)18(19)20)17-12-6-4-10-3-2-8-16-15(10)12/h2-3,5,7-9,12,17H,4,6H2,1H3. The summed E-state index contributed by atoms with van der Waals surface area (Å²) >= 11 is 0. The fraction of sp³-hybridized carbons (Fsp3) is 0.267. The van der Waals surface area contributed by atoms with Crippen LogP contribution in [0.3, 0.4) is 0 Å². The highest BCUT2D eigenvalue weighted by molar-refractivity contribution is 5.59. The zero-order valence-electron chi connectivity index (χ0n) is 11.6. The van der Waals surface area contributed by atoms with Crippen molar-refractivity contribution in [3.63, 3.8) is 0 Å². The van der Waals surface area contributed by atoms with E-state index in [1.807, 2.05) is 6.07 Å². The van der Waals surface area contributed by atoms with Gasteiger partial charge in [0.05, 0.1) is 23.8 Å². The molecular weight excluding hydrogens is 270 g/mol. The molecule has 1 aliphatic rings. The first kappa shape index (κ1) is 13.4. The number of anilines is 1. The molecule has 0 fully saturated rings. The van der Waals surface area contributed by atoms with Gasteiger partial charge >= 0.3 is 5.69 Å². The van der Waals surface area contributed by atoms with Gasteiger partial charge in [0.25, 0.3) is 0 Å². The van der Waals surface area contributed by atoms with Crippen molar-refractivity contribution < 1.29 is 9.66 Å². The first-order valence-corrected chi connectivity index (χ1v) is 6.72. The highest BCUT2D eigenvalue weighted by Crippen LogP contribution is 2.35. The smallest absolute Gasteiger partial charge is 0.312 e. The summed E-state index contributed by atoms with van der Waals surface area (Å²) in [5.74, 6) is 0.260. The maximum Gasteiger partial charge on any atom is 0.312 e. The van der Waals surface area contributed by atoms with Crippen molar-refractivity contribution in [2.24, 2.45) is 0 Å². The highest BCUT2D eigenvalue weighted by Gasteiger charge is 2.24. The maximum absolute atomic E-state index is 11.1. The Morgan fingerprint density at radius 3 is 3.05 bits per heavy atom. The molecule has 0 bridgehead atoms. The van der Waals surface area contributed by atoms with Crippen molar-refractivity contribution in [3.8, 4) is 5.75 Å². The average molecular weight is 285 g/mol. The normalized spacial score (nSPS) is 16.3. The second kappa shape index (κ2) is 5.40. The summed E-state index contributed by atoms with van der Waals surface area (Å²) in [5, 5.41) is 14.4. The quantitative estimate of drug-likeness (QED) is 0.690. The number of aromatic nitrogens is 1. The van der Waals surface area contributed by atoms with Crippen LogP contribution in [0.2, 0.25) is 0 Å². The predicted octanol–water partition coefficient (Wildman–Crippen LogP) is 3.10. The molecule has 1 unspecified atom stereocenters. The van der Waals surface area contributed by atoms with Crippen LogP contribution in [0.5, 0.6) is 5.75 Å². The van der Waals surface area contributed by atoms with Crippen LogP contribution in [0, 0.1) is 10.1 Å². The van der Waals surface area contributed by atoms with Crippen LogP contribution in [0.1, 0.15) is 23.7 Å². The van der Waals surface area contributed by atoms with Gasteiger partial charge in [-0.3, -0.25) is 15.1 Å². The lowest BCUT2D eigenvalue weighted by atomic mass is 10.2. The Labute approximate surface area is 121 Å². The Balaban J connectivity index is 1.86. The molecule has 0 aliphatic heterocycles. The molecule has 1 aromatic heterocycles. The largest absolute Gasteiger partial charge is 0.490 e. The van der Waals surface area contributed by atoms with Crippen molar-refractivity contribution >= 4 is 11.4 Å². The molecule has 0 saturated carbocycles. The van der Waals surface area contributed by atoms with E-state index in [1.54, 1.807) is 18.3 Å². The van der Waals surface area contributed by atoms with Crippen molar-refractivity contribution in [1.29, 1.82) is 0 Å². The second-order valence-electron chi connectivity index (χ2n) is 4.93. The average Bonchev–Trinajstić information content (AvgIpc) is 2.90. The first-order valence-electron chi connectivity index (χ1n) is 6.72. The van der Waals surface area contributed by atoms with Crippen LogP contribution in [0.15, 0.2) is 36.5 Å². The van der Waals surface area contributed by atoms with E-state index in [1.165, 1.54) is 18.7 Å². The number of fused-ring (bicyclic) bond motifs is 1. The molecule has 6 nitrogen and oxygen atoms in total. The van der Waals surface area contributed by atoms with E-state index in [9.17, 15) is 10.1 Å². The lowest BCUT2D eigenvalue weighted by Crippen LogP contribution is -2.09. The SMILES string of the molecule is COc1ccc(NC2CCc3cccnc32)cc1[N+](=O)[O-]. The number of hydrogen-bond donors (Lipinski definition) is 1. The van der Waals surface area contributed by atoms with E-state index in [-0.39, 0.29) is 17.5 Å². The molecule has 0 radical (unpaired) electrons. The number of methoxy groups -OCH3 is 1. The van der Waals surface area contributed by atoms with Crippen molar-refractivity contribution in [3.05, 3.63) is 57.9 Å². The van der Waals surface area contributed by atoms with Gasteiger partial charge in [0.1, 0.15) is 0 Å². The number of nitrogens with zero attached hydrogens (tertiary/aromatic N) is 2. The summed E-state index contributed by atoms with van der Waals surface area (Å²) in [4.78, 5) is 15.0. The van der Waals surface area contributed by atoms with Gasteiger partial charge in [-0.15, -0.1) is 0 Å². The Morgan fingerprint density at radius 1 is 1.43 bits per heavy atom. The summed E-state index contributed by atoms with van der Waals surface area (Å²) in [6.07, 6.45) is 3.68. The fourth-order valence-corrected chi connectivity index (χ4v) is 2.68. The number of nitro benzene ring substituents is 1. The van der Waals surface area contributed by atoms with E-state index >= 15 is 0 Å². The molecule has 0 amide bonds. The van der Waals surface area contributed by atoms with Crippen molar-refractivity contribution in [2.75, 3.05) is 12.4 Å². The van der Waals surface area contributed by atoms with E-state index in [0.29, 0.717) is 5.69 Å². The van der Waals surface area contributed by atoms with E-state index in [0.717, 1.165) is 18.5 Å². The molecule has 1 atom stereocenters. The molecule has 108 valence electrons. The van der Waals surface area contributed by atoms with Gasteiger partial charge in [0.15, 0.2) is 5.75 Å². The molecule has 6 heteroatoms. The Bertz CT molecular complexity index is 688. The Kier molecular flexibility index (Phi) is 3.43. The minimum atomic E-state index is -0.440. The zero-order chi connectivity index (χ0) is 14.8. The van der Waals surface area contributed by atoms with Gasteiger partial charge in [0, 0.05) is 18.0 Å². The first-order chi connectivity index (χ1) is 10.2. The lowest BCUT2D eigenvalue weighted by Gasteiger charge is -2.15. The summed E-state index contributed by atoms with van der Waals surface area (Å²) < 4.78 is 5.01. The summed E-state index contributed by atoms with van der Waals surface area (Å²) in [6, 6.07) is 8.98. The van der Waals surface area contributed by atoms with E-state index < -0.39 is 4.92 Å². The molecule has 1 heterocycles. The van der Waals surface area contributed by atoms with E-state index in [2.05, 4.69) is 16.4 Å². The topological polar surface area (TPSA) is 77.3 Å². The molecule has 3 rings (SSSR count). The summed E-state index contributed by atoms with van der Waals surface area (Å²) in [6.45, 7) is 0. The molecule has 2 aromatic rings. The molecule has 0 spiro atoms. The van der Waals surface area contributed by atoms with Crippen LogP contribution in [-0.4, -0.2) is 17.0 Å². The molecule has 21 heavy (non-hydrogen) atoms. The Morgan fingerprint density at radius 2 is 2.29 bits per heavy atom. The zero-order valence-corrected chi connectivity index (χ0v) is 11.6. The van der Waals surface area contributed by atoms with Crippen LogP contribution >= 0.6 is 0 Å². The number of pyridine rings is 1. The van der Waals surface area contributed by atoms with Crippen LogP contribution in [0.4, 0.5) is 11.4 Å². The van der Waals surface area contributed by atoms with Crippen LogP contribution in [0.25, 0.3) is 0 Å². The minimum absolute atomic E-state index is 0.0401. The van der Waals surface area contributed by atoms with E-state index in [4.69, 9.17) is 4.74 Å². The van der Waals surface area contributed by atoms with Crippen molar-refractivity contribution in [1.82, 2.24) is 4.98 Å². The molecule has 1 aromatic carbocycles. The third-order valence-electron chi connectivity index (χ3n) is 3.67.